The second kappa shape index (κ2) is 4.88. The molecular formula is C8H17N3. The van der Waals surface area contributed by atoms with Crippen LogP contribution < -0.4 is 0 Å². The van der Waals surface area contributed by atoms with Crippen molar-refractivity contribution in [3.63, 3.8) is 0 Å². The highest BCUT2D eigenvalue weighted by atomic mass is 15.3. The monoisotopic (exact) mass is 155 g/mol. The van der Waals surface area contributed by atoms with Crippen molar-refractivity contribution in [2.45, 2.75) is 27.2 Å². The Labute approximate surface area is 68.8 Å². The highest BCUT2D eigenvalue weighted by molar-refractivity contribution is 5.84. The maximum atomic E-state index is 4.03. The zero-order valence-electron chi connectivity index (χ0n) is 8.05. The van der Waals surface area contributed by atoms with Crippen LogP contribution in [-0.4, -0.2) is 30.5 Å². The zero-order valence-corrected chi connectivity index (χ0v) is 8.05. The van der Waals surface area contributed by atoms with Gasteiger partial charge in [-0.3, -0.25) is 0 Å². The number of nitrogens with zero attached hydrogens (tertiary/aromatic N) is 3. The van der Waals surface area contributed by atoms with E-state index < -0.39 is 0 Å². The van der Waals surface area contributed by atoms with E-state index >= 15 is 0 Å². The van der Waals surface area contributed by atoms with E-state index in [0.717, 1.165) is 18.0 Å². The molecule has 0 aromatic carbocycles. The van der Waals surface area contributed by atoms with Gasteiger partial charge in [0.05, 0.1) is 0 Å². The lowest BCUT2D eigenvalue weighted by molar-refractivity contribution is 0.615. The third-order valence-corrected chi connectivity index (χ3v) is 1.52. The molecule has 0 fully saturated rings. The van der Waals surface area contributed by atoms with Gasteiger partial charge in [0, 0.05) is 19.8 Å². The summed E-state index contributed by atoms with van der Waals surface area (Å²) in [6.45, 7) is 5.98. The van der Waals surface area contributed by atoms with Gasteiger partial charge in [-0.1, -0.05) is 6.92 Å². The Balaban J connectivity index is 4.11. The van der Waals surface area contributed by atoms with Crippen LogP contribution in [-0.2, 0) is 0 Å². The first-order chi connectivity index (χ1) is 5.07. The minimum Gasteiger partial charge on any atom is -0.365 e. The van der Waals surface area contributed by atoms with E-state index in [1.165, 1.54) is 0 Å². The summed E-state index contributed by atoms with van der Waals surface area (Å²) in [5.41, 5.74) is 1.06. The molecule has 0 bridgehead atoms. The predicted octanol–water partition coefficient (Wildman–Crippen LogP) is 1.75. The van der Waals surface area contributed by atoms with Gasteiger partial charge in [0.1, 0.15) is 5.84 Å². The molecule has 3 heteroatoms. The van der Waals surface area contributed by atoms with Gasteiger partial charge in [0.2, 0.25) is 0 Å². The average molecular weight is 155 g/mol. The van der Waals surface area contributed by atoms with Gasteiger partial charge in [-0.2, -0.15) is 5.10 Å². The topological polar surface area (TPSA) is 28.0 Å². The molecule has 0 unspecified atom stereocenters. The van der Waals surface area contributed by atoms with Gasteiger partial charge >= 0.3 is 0 Å². The molecule has 0 saturated heterocycles. The second-order valence-electron chi connectivity index (χ2n) is 2.73. The van der Waals surface area contributed by atoms with E-state index in [4.69, 9.17) is 0 Å². The van der Waals surface area contributed by atoms with Crippen LogP contribution in [0.5, 0.6) is 0 Å². The van der Waals surface area contributed by atoms with Crippen LogP contribution in [0.3, 0.4) is 0 Å². The summed E-state index contributed by atoms with van der Waals surface area (Å²) in [5, 5.41) is 8.05. The molecule has 0 spiro atoms. The summed E-state index contributed by atoms with van der Waals surface area (Å²) in [6, 6.07) is 0. The van der Waals surface area contributed by atoms with Gasteiger partial charge in [0.15, 0.2) is 0 Å². The lowest BCUT2D eigenvalue weighted by Crippen LogP contribution is -2.17. The third kappa shape index (κ3) is 4.53. The van der Waals surface area contributed by atoms with Gasteiger partial charge in [-0.15, -0.1) is 5.10 Å². The van der Waals surface area contributed by atoms with Gasteiger partial charge in [-0.05, 0) is 20.3 Å². The maximum Gasteiger partial charge on any atom is 0.123 e. The zero-order chi connectivity index (χ0) is 8.85. The Kier molecular flexibility index (Phi) is 4.50. The van der Waals surface area contributed by atoms with Crippen LogP contribution in [0.4, 0.5) is 0 Å². The molecule has 11 heavy (non-hydrogen) atoms. The van der Waals surface area contributed by atoms with Crippen LogP contribution in [0.15, 0.2) is 10.2 Å². The third-order valence-electron chi connectivity index (χ3n) is 1.52. The quantitative estimate of drug-likeness (QED) is 0.339. The molecule has 0 aromatic heterocycles. The molecule has 0 aliphatic heterocycles. The molecule has 0 N–H and O–H groups in total. The SMILES string of the molecule is CCC(C)=NN=C(C)N(C)C. The summed E-state index contributed by atoms with van der Waals surface area (Å²) in [4.78, 5) is 1.94. The van der Waals surface area contributed by atoms with Crippen LogP contribution in [0.1, 0.15) is 27.2 Å². The second-order valence-corrected chi connectivity index (χ2v) is 2.73. The summed E-state index contributed by atoms with van der Waals surface area (Å²) >= 11 is 0. The molecule has 0 radical (unpaired) electrons. The molecule has 0 amide bonds. The number of hydrogen-bond acceptors (Lipinski definition) is 2. The van der Waals surface area contributed by atoms with Gasteiger partial charge < -0.3 is 4.90 Å². The molecule has 0 aliphatic rings. The smallest absolute Gasteiger partial charge is 0.123 e. The summed E-state index contributed by atoms with van der Waals surface area (Å²) in [6.07, 6.45) is 0.963. The Hall–Kier alpha value is -0.860. The standard InChI is InChI=1S/C8H17N3/c1-6-7(2)9-10-8(3)11(4)5/h6H2,1-5H3. The molecule has 0 aromatic rings. The van der Waals surface area contributed by atoms with Crippen molar-refractivity contribution < 1.29 is 0 Å². The summed E-state index contributed by atoms with van der Waals surface area (Å²) in [5.74, 6) is 0.929. The molecule has 0 aliphatic carbocycles. The molecule has 0 saturated carbocycles. The number of amidine groups is 1. The first kappa shape index (κ1) is 10.1. The lowest BCUT2D eigenvalue weighted by atomic mass is 10.3. The Bertz CT molecular complexity index is 168. The van der Waals surface area contributed by atoms with E-state index in [9.17, 15) is 0 Å². The van der Waals surface area contributed by atoms with Crippen LogP contribution >= 0.6 is 0 Å². The normalized spacial score (nSPS) is 13.5. The van der Waals surface area contributed by atoms with Crippen molar-refractivity contribution in [1.29, 1.82) is 0 Å². The highest BCUT2D eigenvalue weighted by Gasteiger charge is 1.90. The summed E-state index contributed by atoms with van der Waals surface area (Å²) in [7, 11) is 3.91. The Morgan fingerprint density at radius 3 is 2.09 bits per heavy atom. The molecule has 0 atom stereocenters. The van der Waals surface area contributed by atoms with Crippen molar-refractivity contribution in [1.82, 2.24) is 4.90 Å². The van der Waals surface area contributed by atoms with E-state index in [1.54, 1.807) is 0 Å². The van der Waals surface area contributed by atoms with E-state index in [-0.39, 0.29) is 0 Å². The predicted molar refractivity (Wildman–Crippen MR) is 50.2 cm³/mol. The van der Waals surface area contributed by atoms with Crippen LogP contribution in [0.25, 0.3) is 0 Å². The molecular weight excluding hydrogens is 138 g/mol. The van der Waals surface area contributed by atoms with Crippen molar-refractivity contribution >= 4 is 11.5 Å². The fourth-order valence-electron chi connectivity index (χ4n) is 0.318. The van der Waals surface area contributed by atoms with Crippen molar-refractivity contribution in [3.8, 4) is 0 Å². The fraction of sp³-hybridized carbons (Fsp3) is 0.750. The van der Waals surface area contributed by atoms with Gasteiger partial charge in [0.25, 0.3) is 0 Å². The first-order valence-electron chi connectivity index (χ1n) is 3.83. The maximum absolute atomic E-state index is 4.03. The van der Waals surface area contributed by atoms with E-state index in [2.05, 4.69) is 17.1 Å². The van der Waals surface area contributed by atoms with Crippen molar-refractivity contribution in [2.75, 3.05) is 14.1 Å². The Morgan fingerprint density at radius 2 is 1.73 bits per heavy atom. The Morgan fingerprint density at radius 1 is 1.18 bits per heavy atom. The van der Waals surface area contributed by atoms with E-state index in [1.807, 2.05) is 32.8 Å². The lowest BCUT2D eigenvalue weighted by Gasteiger charge is -2.08. The minimum absolute atomic E-state index is 0.929. The number of rotatable bonds is 2. The van der Waals surface area contributed by atoms with Crippen LogP contribution in [0, 0.1) is 0 Å². The number of hydrogen-bond donors (Lipinski definition) is 0. The highest BCUT2D eigenvalue weighted by Crippen LogP contribution is 1.88. The minimum atomic E-state index is 0.929. The van der Waals surface area contributed by atoms with E-state index in [0.29, 0.717) is 0 Å². The fourth-order valence-corrected chi connectivity index (χ4v) is 0.318. The molecule has 3 nitrogen and oxygen atoms in total. The van der Waals surface area contributed by atoms with Gasteiger partial charge in [-0.25, -0.2) is 0 Å². The first-order valence-corrected chi connectivity index (χ1v) is 3.83. The molecule has 0 heterocycles. The molecule has 64 valence electrons. The summed E-state index contributed by atoms with van der Waals surface area (Å²) < 4.78 is 0. The van der Waals surface area contributed by atoms with Crippen molar-refractivity contribution in [2.24, 2.45) is 10.2 Å². The molecule has 0 rings (SSSR count). The average Bonchev–Trinajstić information content (AvgIpc) is 1.99. The van der Waals surface area contributed by atoms with Crippen LogP contribution in [0.2, 0.25) is 0 Å². The largest absolute Gasteiger partial charge is 0.365 e. The van der Waals surface area contributed by atoms with Crippen molar-refractivity contribution in [3.05, 3.63) is 0 Å².